The molecular weight excluding hydrogens is 136 g/mol. The first-order valence-corrected chi connectivity index (χ1v) is 2.61. The van der Waals surface area contributed by atoms with Crippen molar-refractivity contribution in [1.29, 1.82) is 0 Å². The summed E-state index contributed by atoms with van der Waals surface area (Å²) in [6.07, 6.45) is 3.15. The molecule has 0 unspecified atom stereocenters. The van der Waals surface area contributed by atoms with Gasteiger partial charge in [0.25, 0.3) is 0 Å². The van der Waals surface area contributed by atoms with Crippen molar-refractivity contribution in [1.82, 2.24) is 9.97 Å². The first-order valence-electron chi connectivity index (χ1n) is 2.23. The van der Waals surface area contributed by atoms with Crippen LogP contribution in [0.25, 0.3) is 0 Å². The summed E-state index contributed by atoms with van der Waals surface area (Å²) in [6, 6.07) is 0. The number of aromatic nitrogens is 2. The van der Waals surface area contributed by atoms with Gasteiger partial charge in [0.05, 0.1) is 5.02 Å². The predicted octanol–water partition coefficient (Wildman–Crippen LogP) is 2.07. The monoisotopic (exact) mass is 144 g/mol. The summed E-state index contributed by atoms with van der Waals surface area (Å²) in [5, 5.41) is 0.579. The van der Waals surface area contributed by atoms with E-state index in [4.69, 9.17) is 11.6 Å². The van der Waals surface area contributed by atoms with E-state index >= 15 is 0 Å². The number of hydrogen-bond donors (Lipinski definition) is 0. The second-order valence-electron chi connectivity index (χ2n) is 1.45. The number of hydrogen-bond acceptors (Lipinski definition) is 2. The van der Waals surface area contributed by atoms with Crippen LogP contribution in [-0.4, -0.2) is 9.97 Å². The molecule has 50 valence electrons. The van der Waals surface area contributed by atoms with Gasteiger partial charge < -0.3 is 0 Å². The van der Waals surface area contributed by atoms with Crippen molar-refractivity contribution >= 4 is 11.6 Å². The van der Waals surface area contributed by atoms with Crippen LogP contribution in [0.2, 0.25) is 5.02 Å². The van der Waals surface area contributed by atoms with E-state index in [0.717, 1.165) is 5.82 Å². The molecule has 9 heavy (non-hydrogen) atoms. The van der Waals surface area contributed by atoms with Gasteiger partial charge in [-0.1, -0.05) is 19.0 Å². The molecule has 3 heteroatoms. The Hall–Kier alpha value is -0.630. The van der Waals surface area contributed by atoms with Crippen LogP contribution in [0.3, 0.4) is 0 Å². The van der Waals surface area contributed by atoms with Crippen molar-refractivity contribution in [3.63, 3.8) is 0 Å². The molecule has 1 rings (SSSR count). The molecule has 0 aliphatic rings. The fourth-order valence-corrected chi connectivity index (χ4v) is 0.474. The maximum Gasteiger partial charge on any atom is 0.125 e. The van der Waals surface area contributed by atoms with E-state index in [1.807, 2.05) is 6.92 Å². The smallest absolute Gasteiger partial charge is 0.125 e. The highest BCUT2D eigenvalue weighted by molar-refractivity contribution is 6.30. The molecule has 0 N–H and O–H groups in total. The second kappa shape index (κ2) is 3.41. The van der Waals surface area contributed by atoms with Gasteiger partial charge in [0.1, 0.15) is 5.82 Å². The Morgan fingerprint density at radius 2 is 1.78 bits per heavy atom. The summed E-state index contributed by atoms with van der Waals surface area (Å²) in [6.45, 7) is 1.82. The molecule has 1 aromatic heterocycles. The van der Waals surface area contributed by atoms with Crippen LogP contribution in [-0.2, 0) is 0 Å². The Morgan fingerprint density at radius 1 is 1.33 bits per heavy atom. The molecule has 0 fully saturated rings. The van der Waals surface area contributed by atoms with Crippen LogP contribution in [0.5, 0.6) is 0 Å². The van der Waals surface area contributed by atoms with E-state index in [1.165, 1.54) is 0 Å². The van der Waals surface area contributed by atoms with Crippen molar-refractivity contribution < 1.29 is 0 Å². The summed E-state index contributed by atoms with van der Waals surface area (Å²) < 4.78 is 0. The van der Waals surface area contributed by atoms with Crippen molar-refractivity contribution in [2.24, 2.45) is 0 Å². The van der Waals surface area contributed by atoms with Crippen LogP contribution in [0.15, 0.2) is 12.4 Å². The Bertz CT molecular complexity index is 150. The summed E-state index contributed by atoms with van der Waals surface area (Å²) in [5.74, 6) is 0.745. The fraction of sp³-hybridized carbons (Fsp3) is 0.333. The van der Waals surface area contributed by atoms with Gasteiger partial charge in [-0.2, -0.15) is 0 Å². The van der Waals surface area contributed by atoms with E-state index in [9.17, 15) is 0 Å². The average molecular weight is 145 g/mol. The molecule has 0 amide bonds. The van der Waals surface area contributed by atoms with Crippen LogP contribution in [0.1, 0.15) is 13.3 Å². The Labute approximate surface area is 59.9 Å². The van der Waals surface area contributed by atoms with Gasteiger partial charge in [0.15, 0.2) is 0 Å². The summed E-state index contributed by atoms with van der Waals surface area (Å²) in [4.78, 5) is 7.67. The fourth-order valence-electron chi connectivity index (χ4n) is 0.377. The molecule has 0 spiro atoms. The first kappa shape index (κ1) is 8.37. The molecule has 0 aliphatic heterocycles. The summed E-state index contributed by atoms with van der Waals surface area (Å²) >= 11 is 5.49. The van der Waals surface area contributed by atoms with Gasteiger partial charge in [-0.05, 0) is 6.92 Å². The van der Waals surface area contributed by atoms with Crippen LogP contribution in [0.4, 0.5) is 0 Å². The van der Waals surface area contributed by atoms with Crippen molar-refractivity contribution in [3.8, 4) is 0 Å². The van der Waals surface area contributed by atoms with Crippen LogP contribution >= 0.6 is 11.6 Å². The molecule has 0 saturated heterocycles. The quantitative estimate of drug-likeness (QED) is 0.557. The summed E-state index contributed by atoms with van der Waals surface area (Å²) in [7, 11) is 0. The third kappa shape index (κ3) is 2.42. The zero-order valence-corrected chi connectivity index (χ0v) is 5.18. The van der Waals surface area contributed by atoms with E-state index in [-0.39, 0.29) is 7.43 Å². The van der Waals surface area contributed by atoms with Gasteiger partial charge in [-0.15, -0.1) is 0 Å². The Kier molecular flexibility index (Phi) is 3.17. The minimum absolute atomic E-state index is 0. The topological polar surface area (TPSA) is 25.8 Å². The Morgan fingerprint density at radius 3 is 2.11 bits per heavy atom. The predicted molar refractivity (Wildman–Crippen MR) is 38.5 cm³/mol. The molecule has 0 atom stereocenters. The molecule has 0 aromatic carbocycles. The number of rotatable bonds is 0. The lowest BCUT2D eigenvalue weighted by Gasteiger charge is -1.86. The van der Waals surface area contributed by atoms with E-state index < -0.39 is 0 Å². The zero-order chi connectivity index (χ0) is 5.98. The largest absolute Gasteiger partial charge is 0.240 e. The van der Waals surface area contributed by atoms with Crippen LogP contribution < -0.4 is 0 Å². The van der Waals surface area contributed by atoms with Gasteiger partial charge in [-0.3, -0.25) is 0 Å². The van der Waals surface area contributed by atoms with E-state index in [2.05, 4.69) is 9.97 Å². The minimum atomic E-state index is 0. The maximum absolute atomic E-state index is 5.49. The van der Waals surface area contributed by atoms with Crippen molar-refractivity contribution in [3.05, 3.63) is 23.2 Å². The third-order valence-electron chi connectivity index (χ3n) is 0.749. The standard InChI is InChI=1S/C5H5ClN2.CH4/c1-4-7-2-5(6)3-8-4;/h2-3H,1H3;1H4. The maximum atomic E-state index is 5.49. The normalized spacial score (nSPS) is 8.22. The number of aryl methyl sites for hydroxylation is 1. The van der Waals surface area contributed by atoms with Crippen molar-refractivity contribution in [2.45, 2.75) is 14.4 Å². The lowest BCUT2D eigenvalue weighted by molar-refractivity contribution is 1.05. The summed E-state index contributed by atoms with van der Waals surface area (Å²) in [5.41, 5.74) is 0. The molecule has 2 nitrogen and oxygen atoms in total. The molecule has 1 heterocycles. The highest BCUT2D eigenvalue weighted by atomic mass is 35.5. The number of nitrogens with zero attached hydrogens (tertiary/aromatic N) is 2. The Balaban J connectivity index is 0.000000640. The second-order valence-corrected chi connectivity index (χ2v) is 1.88. The molecule has 0 saturated carbocycles. The van der Waals surface area contributed by atoms with Crippen molar-refractivity contribution in [2.75, 3.05) is 0 Å². The van der Waals surface area contributed by atoms with E-state index in [1.54, 1.807) is 12.4 Å². The molecule has 0 aliphatic carbocycles. The average Bonchev–Trinajstić information content (AvgIpc) is 1.77. The molecular formula is C6H9ClN2. The third-order valence-corrected chi connectivity index (χ3v) is 0.945. The highest BCUT2D eigenvalue weighted by Crippen LogP contribution is 2.00. The molecule has 0 bridgehead atoms. The van der Waals surface area contributed by atoms with Gasteiger partial charge in [0.2, 0.25) is 0 Å². The number of halogens is 1. The zero-order valence-electron chi connectivity index (χ0n) is 4.43. The lowest BCUT2D eigenvalue weighted by Crippen LogP contribution is -1.82. The molecule has 0 radical (unpaired) electrons. The highest BCUT2D eigenvalue weighted by Gasteiger charge is 1.84. The SMILES string of the molecule is C.Cc1ncc(Cl)cn1. The van der Waals surface area contributed by atoms with Gasteiger partial charge in [0, 0.05) is 12.4 Å². The lowest BCUT2D eigenvalue weighted by atomic mass is 10.6. The molecule has 1 aromatic rings. The first-order chi connectivity index (χ1) is 3.79. The minimum Gasteiger partial charge on any atom is -0.240 e. The van der Waals surface area contributed by atoms with Crippen LogP contribution in [0, 0.1) is 6.92 Å². The van der Waals surface area contributed by atoms with Gasteiger partial charge in [-0.25, -0.2) is 9.97 Å². The van der Waals surface area contributed by atoms with E-state index in [0.29, 0.717) is 5.02 Å². The van der Waals surface area contributed by atoms with Gasteiger partial charge >= 0.3 is 0 Å².